The topological polar surface area (TPSA) is 49.4 Å². The number of methoxy groups -OCH3 is 1. The van der Waals surface area contributed by atoms with Crippen molar-refractivity contribution in [3.63, 3.8) is 0 Å². The van der Waals surface area contributed by atoms with Gasteiger partial charge < -0.3 is 19.8 Å². The molecule has 0 aliphatic carbocycles. The van der Waals surface area contributed by atoms with Crippen LogP contribution in [-0.4, -0.2) is 11.7 Å². The zero-order valence-corrected chi connectivity index (χ0v) is 12.2. The normalized spacial score (nSPS) is 10.8. The molecule has 21 heavy (non-hydrogen) atoms. The Labute approximate surface area is 123 Å². The molecule has 0 aliphatic rings. The van der Waals surface area contributed by atoms with Gasteiger partial charge in [-0.15, -0.1) is 0 Å². The summed E-state index contributed by atoms with van der Waals surface area (Å²) in [6, 6.07) is 13.5. The average Bonchev–Trinajstić information content (AvgIpc) is 2.81. The van der Waals surface area contributed by atoms with Crippen molar-refractivity contribution in [3.05, 3.63) is 54.2 Å². The van der Waals surface area contributed by atoms with Crippen LogP contribution in [-0.2, 0) is 13.7 Å². The maximum absolute atomic E-state index is 5.88. The smallest absolute Gasteiger partial charge is 0.123 e. The predicted molar refractivity (Wildman–Crippen MR) is 84.7 cm³/mol. The highest BCUT2D eigenvalue weighted by molar-refractivity contribution is 5.86. The van der Waals surface area contributed by atoms with Crippen LogP contribution in [0.1, 0.15) is 5.56 Å². The minimum atomic E-state index is 0.494. The summed E-state index contributed by atoms with van der Waals surface area (Å²) in [7, 11) is 3.67. The molecule has 1 aromatic heterocycles. The third kappa shape index (κ3) is 2.65. The minimum Gasteiger partial charge on any atom is -0.497 e. The highest BCUT2D eigenvalue weighted by Gasteiger charge is 2.08. The Kier molecular flexibility index (Phi) is 3.44. The first-order valence-electron chi connectivity index (χ1n) is 6.77. The van der Waals surface area contributed by atoms with E-state index in [1.165, 1.54) is 0 Å². The number of nitrogens with two attached hydrogens (primary N) is 1. The van der Waals surface area contributed by atoms with Crippen molar-refractivity contribution in [1.82, 2.24) is 4.57 Å². The molecular formula is C17H18N2O2. The number of aryl methyl sites for hydroxylation is 1. The van der Waals surface area contributed by atoms with E-state index in [1.807, 2.05) is 49.5 Å². The third-order valence-electron chi connectivity index (χ3n) is 3.53. The highest BCUT2D eigenvalue weighted by Crippen LogP contribution is 2.25. The number of aromatic nitrogens is 1. The largest absolute Gasteiger partial charge is 0.497 e. The molecular weight excluding hydrogens is 264 g/mol. The Morgan fingerprint density at radius 1 is 1.10 bits per heavy atom. The fourth-order valence-corrected chi connectivity index (χ4v) is 2.46. The van der Waals surface area contributed by atoms with E-state index < -0.39 is 0 Å². The van der Waals surface area contributed by atoms with Gasteiger partial charge in [0, 0.05) is 41.5 Å². The van der Waals surface area contributed by atoms with Crippen molar-refractivity contribution < 1.29 is 9.47 Å². The molecule has 0 saturated heterocycles. The molecule has 0 atom stereocenters. The lowest BCUT2D eigenvalue weighted by Gasteiger charge is -2.07. The number of hydrogen-bond acceptors (Lipinski definition) is 3. The molecule has 2 aromatic carbocycles. The van der Waals surface area contributed by atoms with Crippen LogP contribution in [0.5, 0.6) is 11.5 Å². The summed E-state index contributed by atoms with van der Waals surface area (Å²) in [6.07, 6.45) is 2.07. The monoisotopic (exact) mass is 282 g/mol. The molecule has 1 heterocycles. The zero-order valence-electron chi connectivity index (χ0n) is 12.2. The van der Waals surface area contributed by atoms with Gasteiger partial charge in [0.25, 0.3) is 0 Å². The molecule has 0 bridgehead atoms. The van der Waals surface area contributed by atoms with Gasteiger partial charge in [-0.25, -0.2) is 0 Å². The fourth-order valence-electron chi connectivity index (χ4n) is 2.46. The second-order valence-corrected chi connectivity index (χ2v) is 5.01. The van der Waals surface area contributed by atoms with Gasteiger partial charge in [0.1, 0.15) is 18.1 Å². The number of fused-ring (bicyclic) bond motifs is 1. The van der Waals surface area contributed by atoms with E-state index in [-0.39, 0.29) is 0 Å². The summed E-state index contributed by atoms with van der Waals surface area (Å²) < 4.78 is 13.1. The van der Waals surface area contributed by atoms with Crippen LogP contribution >= 0.6 is 0 Å². The van der Waals surface area contributed by atoms with Gasteiger partial charge in [0.15, 0.2) is 0 Å². The van der Waals surface area contributed by atoms with Crippen molar-refractivity contribution in [2.45, 2.75) is 6.61 Å². The van der Waals surface area contributed by atoms with E-state index in [2.05, 4.69) is 10.8 Å². The van der Waals surface area contributed by atoms with Crippen molar-refractivity contribution in [1.29, 1.82) is 0 Å². The van der Waals surface area contributed by atoms with E-state index in [0.29, 0.717) is 6.61 Å². The minimum absolute atomic E-state index is 0.494. The molecule has 0 amide bonds. The SMILES string of the molecule is COc1cccc(OCc2cn(C)c3ccc(N)cc23)c1. The first-order valence-corrected chi connectivity index (χ1v) is 6.77. The van der Waals surface area contributed by atoms with E-state index in [4.69, 9.17) is 15.2 Å². The van der Waals surface area contributed by atoms with Gasteiger partial charge in [-0.3, -0.25) is 0 Å². The Morgan fingerprint density at radius 3 is 2.71 bits per heavy atom. The number of anilines is 1. The number of hydrogen-bond donors (Lipinski definition) is 1. The molecule has 0 fully saturated rings. The van der Waals surface area contributed by atoms with Crippen LogP contribution in [0.3, 0.4) is 0 Å². The number of rotatable bonds is 4. The molecule has 3 aromatic rings. The predicted octanol–water partition coefficient (Wildman–Crippen LogP) is 3.35. The first-order chi connectivity index (χ1) is 10.2. The highest BCUT2D eigenvalue weighted by atomic mass is 16.5. The maximum atomic E-state index is 5.88. The second-order valence-electron chi connectivity index (χ2n) is 5.01. The first kappa shape index (κ1) is 13.4. The molecule has 0 spiro atoms. The summed E-state index contributed by atoms with van der Waals surface area (Å²) in [5.74, 6) is 1.57. The standard InChI is InChI=1S/C17H18N2O2/c1-19-10-12(16-8-13(18)6-7-17(16)19)11-21-15-5-3-4-14(9-15)20-2/h3-10H,11,18H2,1-2H3. The van der Waals surface area contributed by atoms with Crippen molar-refractivity contribution >= 4 is 16.6 Å². The van der Waals surface area contributed by atoms with Crippen LogP contribution in [0, 0.1) is 0 Å². The number of ether oxygens (including phenoxy) is 2. The van der Waals surface area contributed by atoms with Gasteiger partial charge in [-0.05, 0) is 30.3 Å². The van der Waals surface area contributed by atoms with Crippen LogP contribution < -0.4 is 15.2 Å². The molecule has 108 valence electrons. The summed E-state index contributed by atoms with van der Waals surface area (Å²) in [5.41, 5.74) is 8.90. The Hall–Kier alpha value is -2.62. The molecule has 2 N–H and O–H groups in total. The lowest BCUT2D eigenvalue weighted by molar-refractivity contribution is 0.305. The summed E-state index contributed by atoms with van der Waals surface area (Å²) in [4.78, 5) is 0. The van der Waals surface area contributed by atoms with Crippen molar-refractivity contribution in [2.75, 3.05) is 12.8 Å². The van der Waals surface area contributed by atoms with E-state index in [1.54, 1.807) is 7.11 Å². The van der Waals surface area contributed by atoms with Crippen LogP contribution in [0.15, 0.2) is 48.7 Å². The number of benzene rings is 2. The average molecular weight is 282 g/mol. The fraction of sp³-hybridized carbons (Fsp3) is 0.176. The van der Waals surface area contributed by atoms with E-state index >= 15 is 0 Å². The summed E-state index contributed by atoms with van der Waals surface area (Å²) in [6.45, 7) is 0.494. The number of nitrogen functional groups attached to an aromatic ring is 1. The van der Waals surface area contributed by atoms with E-state index in [0.717, 1.165) is 33.7 Å². The Morgan fingerprint density at radius 2 is 1.90 bits per heavy atom. The lowest BCUT2D eigenvalue weighted by atomic mass is 10.1. The molecule has 0 unspecified atom stereocenters. The summed E-state index contributed by atoms with van der Waals surface area (Å²) >= 11 is 0. The maximum Gasteiger partial charge on any atom is 0.123 e. The zero-order chi connectivity index (χ0) is 14.8. The van der Waals surface area contributed by atoms with Crippen LogP contribution in [0.2, 0.25) is 0 Å². The van der Waals surface area contributed by atoms with Gasteiger partial charge >= 0.3 is 0 Å². The quantitative estimate of drug-likeness (QED) is 0.747. The molecule has 3 rings (SSSR count). The van der Waals surface area contributed by atoms with Crippen LogP contribution in [0.25, 0.3) is 10.9 Å². The van der Waals surface area contributed by atoms with Crippen LogP contribution in [0.4, 0.5) is 5.69 Å². The molecule has 0 radical (unpaired) electrons. The third-order valence-corrected chi connectivity index (χ3v) is 3.53. The van der Waals surface area contributed by atoms with Gasteiger partial charge in [-0.1, -0.05) is 6.07 Å². The van der Waals surface area contributed by atoms with E-state index in [9.17, 15) is 0 Å². The Balaban J connectivity index is 1.86. The molecule has 4 heteroatoms. The molecule has 4 nitrogen and oxygen atoms in total. The Bertz CT molecular complexity index is 778. The molecule has 0 saturated carbocycles. The van der Waals surface area contributed by atoms with Crippen molar-refractivity contribution in [2.24, 2.45) is 7.05 Å². The van der Waals surface area contributed by atoms with Gasteiger partial charge in [0.2, 0.25) is 0 Å². The molecule has 0 aliphatic heterocycles. The number of nitrogens with zero attached hydrogens (tertiary/aromatic N) is 1. The van der Waals surface area contributed by atoms with Gasteiger partial charge in [-0.2, -0.15) is 0 Å². The summed E-state index contributed by atoms with van der Waals surface area (Å²) in [5, 5.41) is 1.13. The second kappa shape index (κ2) is 5.40. The van der Waals surface area contributed by atoms with Gasteiger partial charge in [0.05, 0.1) is 7.11 Å². The van der Waals surface area contributed by atoms with Crippen molar-refractivity contribution in [3.8, 4) is 11.5 Å². The lowest BCUT2D eigenvalue weighted by Crippen LogP contribution is -1.95.